The maximum absolute atomic E-state index is 11.5. The first-order chi connectivity index (χ1) is 7.50. The van der Waals surface area contributed by atoms with Gasteiger partial charge in [0.15, 0.2) is 0 Å². The van der Waals surface area contributed by atoms with Crippen molar-refractivity contribution in [1.29, 1.82) is 0 Å². The van der Waals surface area contributed by atoms with E-state index in [-0.39, 0.29) is 17.4 Å². The fraction of sp³-hybridized carbons (Fsp3) is 0.455. The second-order valence-corrected chi connectivity index (χ2v) is 4.05. The molecule has 1 aromatic heterocycles. The third kappa shape index (κ3) is 3.51. The SMILES string of the molecule is CC(C)[C@H](N)C(=O)NCc1ccc(=O)[nH]c1. The van der Waals surface area contributed by atoms with Gasteiger partial charge < -0.3 is 16.0 Å². The Bertz CT molecular complexity index is 391. The zero-order chi connectivity index (χ0) is 12.1. The highest BCUT2D eigenvalue weighted by Crippen LogP contribution is 1.99. The van der Waals surface area contributed by atoms with Gasteiger partial charge in [0.1, 0.15) is 0 Å². The minimum atomic E-state index is -0.497. The van der Waals surface area contributed by atoms with Crippen LogP contribution < -0.4 is 16.6 Å². The van der Waals surface area contributed by atoms with Gasteiger partial charge in [0.05, 0.1) is 6.04 Å². The van der Waals surface area contributed by atoms with Crippen molar-refractivity contribution in [3.8, 4) is 0 Å². The first-order valence-electron chi connectivity index (χ1n) is 5.21. The highest BCUT2D eigenvalue weighted by Gasteiger charge is 2.16. The van der Waals surface area contributed by atoms with Gasteiger partial charge in [-0.1, -0.05) is 19.9 Å². The molecule has 88 valence electrons. The maximum atomic E-state index is 11.5. The number of aromatic amines is 1. The van der Waals surface area contributed by atoms with Gasteiger partial charge in [-0.15, -0.1) is 0 Å². The number of rotatable bonds is 4. The monoisotopic (exact) mass is 223 g/mol. The molecule has 0 bridgehead atoms. The summed E-state index contributed by atoms with van der Waals surface area (Å²) in [6.45, 7) is 4.16. The molecule has 0 saturated heterocycles. The van der Waals surface area contributed by atoms with Gasteiger partial charge in [-0.25, -0.2) is 0 Å². The fourth-order valence-electron chi connectivity index (χ4n) is 1.16. The van der Waals surface area contributed by atoms with Crippen LogP contribution in [0.5, 0.6) is 0 Å². The molecule has 5 nitrogen and oxygen atoms in total. The molecule has 0 aliphatic rings. The van der Waals surface area contributed by atoms with Crippen molar-refractivity contribution in [2.24, 2.45) is 11.7 Å². The molecule has 1 heterocycles. The lowest BCUT2D eigenvalue weighted by molar-refractivity contribution is -0.123. The number of amides is 1. The zero-order valence-electron chi connectivity index (χ0n) is 9.49. The summed E-state index contributed by atoms with van der Waals surface area (Å²) in [6, 6.07) is 2.59. The van der Waals surface area contributed by atoms with Crippen LogP contribution in [0.3, 0.4) is 0 Å². The van der Waals surface area contributed by atoms with Gasteiger partial charge in [0.25, 0.3) is 0 Å². The Morgan fingerprint density at radius 1 is 1.50 bits per heavy atom. The van der Waals surface area contributed by atoms with E-state index in [1.807, 2.05) is 13.8 Å². The van der Waals surface area contributed by atoms with E-state index in [2.05, 4.69) is 10.3 Å². The number of nitrogens with one attached hydrogen (secondary N) is 2. The average molecular weight is 223 g/mol. The topological polar surface area (TPSA) is 88.0 Å². The Labute approximate surface area is 94.1 Å². The van der Waals surface area contributed by atoms with Crippen LogP contribution in [-0.2, 0) is 11.3 Å². The highest BCUT2D eigenvalue weighted by molar-refractivity contribution is 5.81. The van der Waals surface area contributed by atoms with Crippen molar-refractivity contribution in [2.75, 3.05) is 0 Å². The lowest BCUT2D eigenvalue weighted by Gasteiger charge is -2.15. The molecule has 0 spiro atoms. The number of nitrogens with two attached hydrogens (primary N) is 1. The highest BCUT2D eigenvalue weighted by atomic mass is 16.2. The minimum Gasteiger partial charge on any atom is -0.351 e. The van der Waals surface area contributed by atoms with Crippen LogP contribution in [0, 0.1) is 5.92 Å². The molecule has 0 fully saturated rings. The van der Waals surface area contributed by atoms with Gasteiger partial charge in [0.2, 0.25) is 11.5 Å². The molecule has 4 N–H and O–H groups in total. The first kappa shape index (κ1) is 12.4. The summed E-state index contributed by atoms with van der Waals surface area (Å²) in [4.78, 5) is 24.8. The van der Waals surface area contributed by atoms with Crippen LogP contribution in [-0.4, -0.2) is 16.9 Å². The van der Waals surface area contributed by atoms with E-state index in [9.17, 15) is 9.59 Å². The summed E-state index contributed by atoms with van der Waals surface area (Å²) < 4.78 is 0. The minimum absolute atomic E-state index is 0.107. The molecule has 0 aromatic carbocycles. The van der Waals surface area contributed by atoms with E-state index < -0.39 is 6.04 Å². The summed E-state index contributed by atoms with van der Waals surface area (Å²) >= 11 is 0. The standard InChI is InChI=1S/C11H17N3O2/c1-7(2)10(12)11(16)14-6-8-3-4-9(15)13-5-8/h3-5,7,10H,6,12H2,1-2H3,(H,13,15)(H,14,16)/t10-/m0/s1. The molecule has 1 amide bonds. The number of hydrogen-bond acceptors (Lipinski definition) is 3. The van der Waals surface area contributed by atoms with Crippen LogP contribution in [0.1, 0.15) is 19.4 Å². The third-order valence-corrected chi connectivity index (χ3v) is 2.34. The predicted octanol–water partition coefficient (Wildman–Crippen LogP) is -0.0256. The first-order valence-corrected chi connectivity index (χ1v) is 5.21. The van der Waals surface area contributed by atoms with E-state index in [1.54, 1.807) is 12.3 Å². The number of carbonyl (C=O) groups is 1. The van der Waals surface area contributed by atoms with Crippen LogP contribution >= 0.6 is 0 Å². The van der Waals surface area contributed by atoms with E-state index >= 15 is 0 Å². The van der Waals surface area contributed by atoms with E-state index in [0.717, 1.165) is 5.56 Å². The van der Waals surface area contributed by atoms with Crippen molar-refractivity contribution in [1.82, 2.24) is 10.3 Å². The largest absolute Gasteiger partial charge is 0.351 e. The molecule has 0 unspecified atom stereocenters. The number of pyridine rings is 1. The average Bonchev–Trinajstić information content (AvgIpc) is 2.26. The normalized spacial score (nSPS) is 12.5. The van der Waals surface area contributed by atoms with Crippen LogP contribution in [0.15, 0.2) is 23.1 Å². The molecule has 0 radical (unpaired) electrons. The Balaban J connectivity index is 2.49. The Hall–Kier alpha value is -1.62. The molecule has 1 aromatic rings. The van der Waals surface area contributed by atoms with Crippen LogP contribution in [0.4, 0.5) is 0 Å². The summed E-state index contributed by atoms with van der Waals surface area (Å²) in [5.41, 5.74) is 6.36. The van der Waals surface area contributed by atoms with E-state index in [0.29, 0.717) is 6.54 Å². The van der Waals surface area contributed by atoms with Gasteiger partial charge in [0, 0.05) is 18.8 Å². The molecular weight excluding hydrogens is 206 g/mol. The Kier molecular flexibility index (Phi) is 4.25. The van der Waals surface area contributed by atoms with E-state index in [1.165, 1.54) is 6.07 Å². The quantitative estimate of drug-likeness (QED) is 0.670. The second kappa shape index (κ2) is 5.46. The summed E-state index contributed by atoms with van der Waals surface area (Å²) in [5.74, 6) is -0.0724. The summed E-state index contributed by atoms with van der Waals surface area (Å²) in [7, 11) is 0. The van der Waals surface area contributed by atoms with Gasteiger partial charge in [-0.2, -0.15) is 0 Å². The second-order valence-electron chi connectivity index (χ2n) is 4.05. The summed E-state index contributed by atoms with van der Waals surface area (Å²) in [5, 5.41) is 2.71. The van der Waals surface area contributed by atoms with Gasteiger partial charge >= 0.3 is 0 Å². The number of aromatic nitrogens is 1. The molecular formula is C11H17N3O2. The molecule has 0 aliphatic heterocycles. The Morgan fingerprint density at radius 2 is 2.19 bits per heavy atom. The van der Waals surface area contributed by atoms with Crippen LogP contribution in [0.25, 0.3) is 0 Å². The van der Waals surface area contributed by atoms with Crippen molar-refractivity contribution in [3.05, 3.63) is 34.2 Å². The lowest BCUT2D eigenvalue weighted by Crippen LogP contribution is -2.43. The van der Waals surface area contributed by atoms with Gasteiger partial charge in [-0.3, -0.25) is 9.59 Å². The zero-order valence-corrected chi connectivity index (χ0v) is 9.49. The van der Waals surface area contributed by atoms with Crippen LogP contribution in [0.2, 0.25) is 0 Å². The lowest BCUT2D eigenvalue weighted by atomic mass is 10.1. The third-order valence-electron chi connectivity index (χ3n) is 2.34. The Morgan fingerprint density at radius 3 is 2.69 bits per heavy atom. The van der Waals surface area contributed by atoms with Crippen molar-refractivity contribution in [3.63, 3.8) is 0 Å². The summed E-state index contributed by atoms with van der Waals surface area (Å²) in [6.07, 6.45) is 1.57. The predicted molar refractivity (Wildman–Crippen MR) is 61.7 cm³/mol. The molecule has 5 heteroatoms. The smallest absolute Gasteiger partial charge is 0.247 e. The molecule has 0 aliphatic carbocycles. The number of hydrogen-bond donors (Lipinski definition) is 3. The number of carbonyl (C=O) groups excluding carboxylic acids is 1. The van der Waals surface area contributed by atoms with E-state index in [4.69, 9.17) is 5.73 Å². The maximum Gasteiger partial charge on any atom is 0.247 e. The number of H-pyrrole nitrogens is 1. The fourth-order valence-corrected chi connectivity index (χ4v) is 1.16. The molecule has 16 heavy (non-hydrogen) atoms. The van der Waals surface area contributed by atoms with Crippen molar-refractivity contribution < 1.29 is 4.79 Å². The van der Waals surface area contributed by atoms with Crippen molar-refractivity contribution >= 4 is 5.91 Å². The van der Waals surface area contributed by atoms with Crippen molar-refractivity contribution in [2.45, 2.75) is 26.4 Å². The molecule has 1 atom stereocenters. The molecule has 1 rings (SSSR count). The van der Waals surface area contributed by atoms with Gasteiger partial charge in [-0.05, 0) is 11.5 Å². The molecule has 0 saturated carbocycles.